The van der Waals surface area contributed by atoms with Crippen LogP contribution in [0.1, 0.15) is 43.1 Å². The van der Waals surface area contributed by atoms with Crippen molar-refractivity contribution in [3.63, 3.8) is 0 Å². The minimum Gasteiger partial charge on any atom is -0.356 e. The van der Waals surface area contributed by atoms with Crippen LogP contribution in [0.2, 0.25) is 0 Å². The Hall–Kier alpha value is -2.83. The Balaban J connectivity index is 1.64. The molecule has 1 unspecified atom stereocenters. The van der Waals surface area contributed by atoms with Crippen molar-refractivity contribution in [2.45, 2.75) is 39.0 Å². The van der Waals surface area contributed by atoms with Crippen LogP contribution in [0.15, 0.2) is 35.0 Å². The fourth-order valence-electron chi connectivity index (χ4n) is 3.30. The lowest BCUT2D eigenvalue weighted by molar-refractivity contribution is 0.331. The third kappa shape index (κ3) is 3.42. The molecule has 0 N–H and O–H groups in total. The Bertz CT molecular complexity index is 879. The van der Waals surface area contributed by atoms with Crippen LogP contribution in [0.5, 0.6) is 0 Å². The van der Waals surface area contributed by atoms with Gasteiger partial charge in [0.1, 0.15) is 11.5 Å². The molecule has 0 radical (unpaired) electrons. The predicted molar refractivity (Wildman–Crippen MR) is 97.9 cm³/mol. The van der Waals surface area contributed by atoms with Gasteiger partial charge in [-0.15, -0.1) is 0 Å². The minimum atomic E-state index is 0.239. The van der Waals surface area contributed by atoms with Gasteiger partial charge in [0.05, 0.1) is 5.92 Å². The van der Waals surface area contributed by atoms with E-state index in [4.69, 9.17) is 9.51 Å². The van der Waals surface area contributed by atoms with Gasteiger partial charge in [0.25, 0.3) is 0 Å². The highest BCUT2D eigenvalue weighted by Crippen LogP contribution is 2.29. The van der Waals surface area contributed by atoms with Crippen LogP contribution in [-0.4, -0.2) is 38.2 Å². The molecule has 1 fully saturated rings. The van der Waals surface area contributed by atoms with Crippen molar-refractivity contribution < 1.29 is 4.52 Å². The molecule has 4 heterocycles. The molecule has 3 aromatic heterocycles. The lowest BCUT2D eigenvalue weighted by atomic mass is 9.98. The van der Waals surface area contributed by atoms with E-state index in [1.54, 1.807) is 6.20 Å². The molecule has 1 aliphatic rings. The van der Waals surface area contributed by atoms with E-state index in [1.165, 1.54) is 0 Å². The maximum absolute atomic E-state index is 5.40. The lowest BCUT2D eigenvalue weighted by Crippen LogP contribution is -2.35. The van der Waals surface area contributed by atoms with Gasteiger partial charge in [0, 0.05) is 31.0 Å². The first-order valence-corrected chi connectivity index (χ1v) is 9.07. The van der Waals surface area contributed by atoms with E-state index in [2.05, 4.69) is 38.0 Å². The molecule has 7 heteroatoms. The molecule has 26 heavy (non-hydrogen) atoms. The van der Waals surface area contributed by atoms with Gasteiger partial charge in [-0.1, -0.05) is 18.1 Å². The largest absolute Gasteiger partial charge is 0.356 e. The lowest BCUT2D eigenvalue weighted by Gasteiger charge is -2.32. The van der Waals surface area contributed by atoms with E-state index < -0.39 is 0 Å². The highest BCUT2D eigenvalue weighted by molar-refractivity contribution is 5.54. The van der Waals surface area contributed by atoms with Crippen molar-refractivity contribution in [3.8, 4) is 11.5 Å². The molecule has 7 nitrogen and oxygen atoms in total. The third-order valence-corrected chi connectivity index (χ3v) is 4.66. The number of nitrogens with zero attached hydrogens (tertiary/aromatic N) is 6. The molecule has 0 bridgehead atoms. The molecule has 1 aliphatic heterocycles. The SMILES string of the molecule is CCc1cc(N2CCCC(c3nc(C)no3)C2)nc(-c2ccccn2)n1. The Kier molecular flexibility index (Phi) is 4.60. The highest BCUT2D eigenvalue weighted by Gasteiger charge is 2.27. The highest BCUT2D eigenvalue weighted by atomic mass is 16.5. The summed E-state index contributed by atoms with van der Waals surface area (Å²) in [5.74, 6) is 3.27. The monoisotopic (exact) mass is 350 g/mol. The molecule has 4 rings (SSSR count). The topological polar surface area (TPSA) is 80.8 Å². The second kappa shape index (κ2) is 7.19. The molecule has 1 atom stereocenters. The molecule has 0 aromatic carbocycles. The van der Waals surface area contributed by atoms with Crippen molar-refractivity contribution in [1.82, 2.24) is 25.1 Å². The molecular formula is C19H22N6O. The minimum absolute atomic E-state index is 0.239. The van der Waals surface area contributed by atoms with Crippen molar-refractivity contribution in [2.75, 3.05) is 18.0 Å². The summed E-state index contributed by atoms with van der Waals surface area (Å²) in [7, 11) is 0. The molecule has 0 amide bonds. The van der Waals surface area contributed by atoms with Gasteiger partial charge in [0.15, 0.2) is 11.6 Å². The van der Waals surface area contributed by atoms with Gasteiger partial charge < -0.3 is 9.42 Å². The van der Waals surface area contributed by atoms with Gasteiger partial charge in [-0.3, -0.25) is 4.98 Å². The van der Waals surface area contributed by atoms with Crippen LogP contribution in [0, 0.1) is 6.92 Å². The predicted octanol–water partition coefficient (Wildman–Crippen LogP) is 3.18. The van der Waals surface area contributed by atoms with Gasteiger partial charge >= 0.3 is 0 Å². The van der Waals surface area contributed by atoms with Crippen molar-refractivity contribution in [1.29, 1.82) is 0 Å². The van der Waals surface area contributed by atoms with Crippen molar-refractivity contribution in [3.05, 3.63) is 47.9 Å². The average Bonchev–Trinajstić information content (AvgIpc) is 3.15. The maximum Gasteiger partial charge on any atom is 0.231 e. The molecule has 134 valence electrons. The van der Waals surface area contributed by atoms with E-state index in [0.717, 1.165) is 55.4 Å². The van der Waals surface area contributed by atoms with Crippen LogP contribution >= 0.6 is 0 Å². The van der Waals surface area contributed by atoms with E-state index in [0.29, 0.717) is 11.6 Å². The summed E-state index contributed by atoms with van der Waals surface area (Å²) in [4.78, 5) is 20.6. The molecule has 3 aromatic rings. The molecule has 0 aliphatic carbocycles. The number of hydrogen-bond acceptors (Lipinski definition) is 7. The summed E-state index contributed by atoms with van der Waals surface area (Å²) < 4.78 is 5.40. The summed E-state index contributed by atoms with van der Waals surface area (Å²) in [5.41, 5.74) is 1.82. The van der Waals surface area contributed by atoms with E-state index >= 15 is 0 Å². The first kappa shape index (κ1) is 16.6. The summed E-state index contributed by atoms with van der Waals surface area (Å²) in [6.45, 7) is 5.74. The summed E-state index contributed by atoms with van der Waals surface area (Å²) >= 11 is 0. The Morgan fingerprint density at radius 1 is 1.23 bits per heavy atom. The van der Waals surface area contributed by atoms with Gasteiger partial charge in [-0.05, 0) is 38.3 Å². The Labute approximate surface area is 152 Å². The number of hydrogen-bond donors (Lipinski definition) is 0. The molecule has 0 spiro atoms. The van der Waals surface area contributed by atoms with Crippen molar-refractivity contribution in [2.24, 2.45) is 0 Å². The second-order valence-corrected chi connectivity index (χ2v) is 6.57. The zero-order chi connectivity index (χ0) is 17.9. The molecular weight excluding hydrogens is 328 g/mol. The zero-order valence-electron chi connectivity index (χ0n) is 15.1. The van der Waals surface area contributed by atoms with Gasteiger partial charge in [-0.25, -0.2) is 9.97 Å². The Morgan fingerprint density at radius 2 is 2.15 bits per heavy atom. The molecule has 1 saturated heterocycles. The first-order valence-electron chi connectivity index (χ1n) is 9.07. The van der Waals surface area contributed by atoms with Gasteiger partial charge in [0.2, 0.25) is 5.89 Å². The quantitative estimate of drug-likeness (QED) is 0.715. The summed E-state index contributed by atoms with van der Waals surface area (Å²) in [5, 5.41) is 3.93. The van der Waals surface area contributed by atoms with E-state index in [9.17, 15) is 0 Å². The van der Waals surface area contributed by atoms with Crippen LogP contribution < -0.4 is 4.90 Å². The Morgan fingerprint density at radius 3 is 2.88 bits per heavy atom. The van der Waals surface area contributed by atoms with Crippen LogP contribution in [0.4, 0.5) is 5.82 Å². The first-order chi connectivity index (χ1) is 12.7. The average molecular weight is 350 g/mol. The van der Waals surface area contributed by atoms with Crippen LogP contribution in [0.25, 0.3) is 11.5 Å². The number of anilines is 1. The zero-order valence-corrected chi connectivity index (χ0v) is 15.1. The summed E-state index contributed by atoms with van der Waals surface area (Å²) in [6, 6.07) is 7.88. The number of aromatic nitrogens is 5. The van der Waals surface area contributed by atoms with Crippen LogP contribution in [0.3, 0.4) is 0 Å². The number of pyridine rings is 1. The smallest absolute Gasteiger partial charge is 0.231 e. The van der Waals surface area contributed by atoms with Gasteiger partial charge in [-0.2, -0.15) is 4.98 Å². The third-order valence-electron chi connectivity index (χ3n) is 4.66. The van der Waals surface area contributed by atoms with Crippen LogP contribution in [-0.2, 0) is 6.42 Å². The molecule has 0 saturated carbocycles. The maximum atomic E-state index is 5.40. The standard InChI is InChI=1S/C19H22N6O/c1-3-15-11-17(23-18(22-15)16-8-4-5-9-20-16)25-10-6-7-14(12-25)19-21-13(2)24-26-19/h4-5,8-9,11,14H,3,6-7,10,12H2,1-2H3. The number of rotatable bonds is 4. The fraction of sp³-hybridized carbons (Fsp3) is 0.421. The fourth-order valence-corrected chi connectivity index (χ4v) is 3.30. The normalized spacial score (nSPS) is 17.5. The van der Waals surface area contributed by atoms with E-state index in [-0.39, 0.29) is 5.92 Å². The summed E-state index contributed by atoms with van der Waals surface area (Å²) in [6.07, 6.45) is 4.74. The van der Waals surface area contributed by atoms with Crippen molar-refractivity contribution >= 4 is 5.82 Å². The van der Waals surface area contributed by atoms with E-state index in [1.807, 2.05) is 25.1 Å². The number of aryl methyl sites for hydroxylation is 2. The second-order valence-electron chi connectivity index (χ2n) is 6.57. The number of piperidine rings is 1.